The Morgan fingerprint density at radius 3 is 3.00 bits per heavy atom. The zero-order chi connectivity index (χ0) is 14.5. The molecule has 2 aromatic rings. The number of carbonyl (C=O) groups excluding carboxylic acids is 1. The van der Waals surface area contributed by atoms with Gasteiger partial charge in [0.05, 0.1) is 19.9 Å². The van der Waals surface area contributed by atoms with Crippen LogP contribution < -0.4 is 5.32 Å². The summed E-state index contributed by atoms with van der Waals surface area (Å²) >= 11 is 0. The van der Waals surface area contributed by atoms with E-state index in [1.165, 1.54) is 13.4 Å². The average Bonchev–Trinajstić information content (AvgIpc) is 3.07. The number of hydrogen-bond acceptors (Lipinski definition) is 6. The van der Waals surface area contributed by atoms with Gasteiger partial charge in [-0.05, 0) is 25.1 Å². The second kappa shape index (κ2) is 6.40. The fraction of sp³-hybridized carbons (Fsp3) is 0.357. The van der Waals surface area contributed by atoms with Crippen LogP contribution in [0.5, 0.6) is 0 Å². The number of aliphatic hydroxyl groups excluding tert-OH is 1. The molecule has 0 saturated carbocycles. The topological polar surface area (TPSA) is 84.8 Å². The van der Waals surface area contributed by atoms with Crippen molar-refractivity contribution in [1.29, 1.82) is 0 Å². The lowest BCUT2D eigenvalue weighted by Crippen LogP contribution is -2.20. The van der Waals surface area contributed by atoms with Gasteiger partial charge in [0.1, 0.15) is 28.9 Å². The average molecular weight is 279 g/mol. The van der Waals surface area contributed by atoms with Gasteiger partial charge < -0.3 is 24.0 Å². The van der Waals surface area contributed by atoms with Crippen LogP contribution in [0.1, 0.15) is 33.7 Å². The number of aryl methyl sites for hydroxylation is 1. The van der Waals surface area contributed by atoms with E-state index in [2.05, 4.69) is 10.1 Å². The highest BCUT2D eigenvalue weighted by molar-refractivity contribution is 5.90. The maximum atomic E-state index is 11.4. The van der Waals surface area contributed by atoms with E-state index in [-0.39, 0.29) is 0 Å². The van der Waals surface area contributed by atoms with Crippen LogP contribution in [0.4, 0.5) is 0 Å². The summed E-state index contributed by atoms with van der Waals surface area (Å²) in [6.45, 7) is 2.42. The minimum Gasteiger partial charge on any atom is -0.467 e. The van der Waals surface area contributed by atoms with Crippen molar-refractivity contribution < 1.29 is 23.5 Å². The van der Waals surface area contributed by atoms with Crippen LogP contribution in [0.25, 0.3) is 0 Å². The number of methoxy groups -OCH3 is 1. The molecule has 2 N–H and O–H groups in total. The van der Waals surface area contributed by atoms with Gasteiger partial charge in [-0.15, -0.1) is 0 Å². The number of nitrogens with one attached hydrogen (secondary N) is 1. The predicted molar refractivity (Wildman–Crippen MR) is 70.2 cm³/mol. The van der Waals surface area contributed by atoms with E-state index < -0.39 is 12.1 Å². The molecule has 0 amide bonds. The first-order chi connectivity index (χ1) is 9.61. The van der Waals surface area contributed by atoms with Crippen LogP contribution in [0.3, 0.4) is 0 Å². The zero-order valence-corrected chi connectivity index (χ0v) is 11.4. The lowest BCUT2D eigenvalue weighted by Gasteiger charge is -2.07. The molecule has 1 unspecified atom stereocenters. The van der Waals surface area contributed by atoms with Gasteiger partial charge in [0.2, 0.25) is 0 Å². The first-order valence-corrected chi connectivity index (χ1v) is 6.21. The highest BCUT2D eigenvalue weighted by Gasteiger charge is 2.15. The molecule has 2 heterocycles. The maximum Gasteiger partial charge on any atom is 0.341 e. The van der Waals surface area contributed by atoms with Crippen molar-refractivity contribution in [2.75, 3.05) is 13.7 Å². The molecule has 20 heavy (non-hydrogen) atoms. The fourth-order valence-electron chi connectivity index (χ4n) is 1.86. The third kappa shape index (κ3) is 3.28. The van der Waals surface area contributed by atoms with Gasteiger partial charge in [-0.25, -0.2) is 4.79 Å². The SMILES string of the molecule is COC(=O)c1cc(CNCC(O)c2ccco2)oc1C. The minimum atomic E-state index is -0.721. The Hall–Kier alpha value is -2.05. The minimum absolute atomic E-state index is 0.320. The largest absolute Gasteiger partial charge is 0.467 e. The summed E-state index contributed by atoms with van der Waals surface area (Å²) in [6, 6.07) is 5.06. The highest BCUT2D eigenvalue weighted by Crippen LogP contribution is 2.16. The van der Waals surface area contributed by atoms with Gasteiger partial charge in [0, 0.05) is 6.54 Å². The molecule has 6 heteroatoms. The predicted octanol–water partition coefficient (Wildman–Crippen LogP) is 1.79. The zero-order valence-electron chi connectivity index (χ0n) is 11.4. The number of aliphatic hydroxyl groups is 1. The second-order valence-electron chi connectivity index (χ2n) is 4.34. The van der Waals surface area contributed by atoms with E-state index >= 15 is 0 Å². The van der Waals surface area contributed by atoms with Crippen molar-refractivity contribution in [2.45, 2.75) is 19.6 Å². The first kappa shape index (κ1) is 14.4. The summed E-state index contributed by atoms with van der Waals surface area (Å²) in [5.41, 5.74) is 0.413. The molecular formula is C14H17NO5. The third-order valence-electron chi connectivity index (χ3n) is 2.88. The smallest absolute Gasteiger partial charge is 0.341 e. The van der Waals surface area contributed by atoms with Gasteiger partial charge in [0.15, 0.2) is 0 Å². The van der Waals surface area contributed by atoms with Crippen molar-refractivity contribution in [3.8, 4) is 0 Å². The van der Waals surface area contributed by atoms with Gasteiger partial charge in [-0.2, -0.15) is 0 Å². The quantitative estimate of drug-likeness (QED) is 0.784. The molecule has 6 nitrogen and oxygen atoms in total. The van der Waals surface area contributed by atoms with Crippen molar-refractivity contribution >= 4 is 5.97 Å². The van der Waals surface area contributed by atoms with E-state index in [1.807, 2.05) is 0 Å². The summed E-state index contributed by atoms with van der Waals surface area (Å²) in [7, 11) is 1.33. The van der Waals surface area contributed by atoms with Gasteiger partial charge in [0.25, 0.3) is 0 Å². The lowest BCUT2D eigenvalue weighted by atomic mass is 10.2. The Balaban J connectivity index is 1.87. The first-order valence-electron chi connectivity index (χ1n) is 6.21. The molecule has 0 aromatic carbocycles. The van der Waals surface area contributed by atoms with Crippen molar-refractivity contribution in [2.24, 2.45) is 0 Å². The molecule has 0 spiro atoms. The van der Waals surface area contributed by atoms with Crippen LogP contribution in [0.15, 0.2) is 33.3 Å². The molecule has 0 aliphatic carbocycles. The van der Waals surface area contributed by atoms with Crippen molar-refractivity contribution in [1.82, 2.24) is 5.32 Å². The summed E-state index contributed by atoms with van der Waals surface area (Å²) < 4.78 is 15.2. The molecule has 1 atom stereocenters. The number of esters is 1. The van der Waals surface area contributed by atoms with Gasteiger partial charge in [-0.3, -0.25) is 0 Å². The number of ether oxygens (including phenoxy) is 1. The van der Waals surface area contributed by atoms with Gasteiger partial charge in [-0.1, -0.05) is 0 Å². The molecular weight excluding hydrogens is 262 g/mol. The molecule has 0 bridgehead atoms. The van der Waals surface area contributed by atoms with Crippen LogP contribution in [0, 0.1) is 6.92 Å². The Morgan fingerprint density at radius 2 is 2.35 bits per heavy atom. The highest BCUT2D eigenvalue weighted by atomic mass is 16.5. The normalized spacial score (nSPS) is 12.3. The van der Waals surface area contributed by atoms with Crippen LogP contribution in [-0.4, -0.2) is 24.7 Å². The Kier molecular flexibility index (Phi) is 4.60. The summed E-state index contributed by atoms with van der Waals surface area (Å²) in [5.74, 6) is 1.20. The van der Waals surface area contributed by atoms with E-state index in [0.717, 1.165) is 0 Å². The third-order valence-corrected chi connectivity index (χ3v) is 2.88. The van der Waals surface area contributed by atoms with Crippen molar-refractivity contribution in [3.05, 3.63) is 47.3 Å². The van der Waals surface area contributed by atoms with Gasteiger partial charge >= 0.3 is 5.97 Å². The molecule has 0 aliphatic heterocycles. The number of rotatable bonds is 6. The molecule has 0 aliphatic rings. The summed E-state index contributed by atoms with van der Waals surface area (Å²) in [5, 5.41) is 12.8. The summed E-state index contributed by atoms with van der Waals surface area (Å²) in [4.78, 5) is 11.4. The Morgan fingerprint density at radius 1 is 1.55 bits per heavy atom. The van der Waals surface area contributed by atoms with Crippen LogP contribution in [0.2, 0.25) is 0 Å². The maximum absolute atomic E-state index is 11.4. The molecule has 2 aromatic heterocycles. The molecule has 108 valence electrons. The fourth-order valence-corrected chi connectivity index (χ4v) is 1.86. The number of carbonyl (C=O) groups is 1. The van der Waals surface area contributed by atoms with Crippen LogP contribution in [-0.2, 0) is 11.3 Å². The number of furan rings is 2. The monoisotopic (exact) mass is 279 g/mol. The lowest BCUT2D eigenvalue weighted by molar-refractivity contribution is 0.0599. The Labute approximate surface area is 116 Å². The molecule has 0 saturated heterocycles. The number of hydrogen-bond donors (Lipinski definition) is 2. The molecule has 0 fully saturated rings. The Bertz CT molecular complexity index is 558. The summed E-state index contributed by atoms with van der Waals surface area (Å²) in [6.07, 6.45) is 0.790. The van der Waals surface area contributed by atoms with E-state index in [1.54, 1.807) is 25.1 Å². The molecule has 0 radical (unpaired) electrons. The van der Waals surface area contributed by atoms with E-state index in [9.17, 15) is 9.90 Å². The van der Waals surface area contributed by atoms with E-state index in [0.29, 0.717) is 35.9 Å². The van der Waals surface area contributed by atoms with E-state index in [4.69, 9.17) is 8.83 Å². The van der Waals surface area contributed by atoms with Crippen LogP contribution >= 0.6 is 0 Å². The molecule has 2 rings (SSSR count). The second-order valence-corrected chi connectivity index (χ2v) is 4.34. The van der Waals surface area contributed by atoms with Crippen molar-refractivity contribution in [3.63, 3.8) is 0 Å². The standard InChI is InChI=1S/C14H17NO5/c1-9-11(14(17)18-2)6-10(20-9)7-15-8-12(16)13-4-3-5-19-13/h3-6,12,15-16H,7-8H2,1-2H3.